The number of nitro benzene ring substituents is 1. The van der Waals surface area contributed by atoms with Gasteiger partial charge >= 0.3 is 0 Å². The first-order chi connectivity index (χ1) is 13.8. The van der Waals surface area contributed by atoms with Gasteiger partial charge < -0.3 is 10.1 Å². The van der Waals surface area contributed by atoms with Crippen LogP contribution in [0.15, 0.2) is 54.6 Å². The molecular formula is C21H23N3O4S. The molecule has 2 aromatic rings. The Morgan fingerprint density at radius 3 is 2.72 bits per heavy atom. The lowest BCUT2D eigenvalue weighted by atomic mass is 10.1. The number of ether oxygens (including phenoxy) is 1. The molecule has 0 atom stereocenters. The largest absolute Gasteiger partial charge is 0.494 e. The summed E-state index contributed by atoms with van der Waals surface area (Å²) in [6, 6.07) is 13.3. The minimum Gasteiger partial charge on any atom is -0.494 e. The predicted molar refractivity (Wildman–Crippen MR) is 118 cm³/mol. The zero-order chi connectivity index (χ0) is 21.2. The van der Waals surface area contributed by atoms with E-state index in [9.17, 15) is 14.9 Å². The molecule has 0 unspecified atom stereocenters. The summed E-state index contributed by atoms with van der Waals surface area (Å²) >= 11 is 5.16. The van der Waals surface area contributed by atoms with Gasteiger partial charge in [0.2, 0.25) is 5.91 Å². The third-order valence-corrected chi connectivity index (χ3v) is 4.00. The Kier molecular flexibility index (Phi) is 8.29. The number of hydrogen-bond donors (Lipinski definition) is 2. The van der Waals surface area contributed by atoms with Gasteiger partial charge in [-0.15, -0.1) is 0 Å². The molecule has 152 valence electrons. The number of non-ortho nitro benzene ring substituents is 1. The van der Waals surface area contributed by atoms with Crippen LogP contribution in [0.4, 0.5) is 11.4 Å². The lowest BCUT2D eigenvalue weighted by Gasteiger charge is -2.11. The molecule has 0 aliphatic carbocycles. The van der Waals surface area contributed by atoms with E-state index < -0.39 is 10.8 Å². The van der Waals surface area contributed by atoms with Gasteiger partial charge in [-0.3, -0.25) is 20.2 Å². The number of rotatable bonds is 8. The highest BCUT2D eigenvalue weighted by molar-refractivity contribution is 7.80. The molecule has 0 heterocycles. The first-order valence-corrected chi connectivity index (χ1v) is 9.51. The van der Waals surface area contributed by atoms with Crippen molar-refractivity contribution >= 4 is 40.7 Å². The van der Waals surface area contributed by atoms with E-state index in [-0.39, 0.29) is 10.8 Å². The topological polar surface area (TPSA) is 93.5 Å². The molecule has 0 aliphatic rings. The highest BCUT2D eigenvalue weighted by Gasteiger charge is 2.06. The Hall–Kier alpha value is -3.26. The van der Waals surface area contributed by atoms with Gasteiger partial charge in [0.15, 0.2) is 5.11 Å². The number of nitrogens with zero attached hydrogens (tertiary/aromatic N) is 1. The Labute approximate surface area is 174 Å². The second kappa shape index (κ2) is 10.9. The summed E-state index contributed by atoms with van der Waals surface area (Å²) in [4.78, 5) is 22.3. The Morgan fingerprint density at radius 2 is 2.00 bits per heavy atom. The zero-order valence-corrected chi connectivity index (χ0v) is 17.1. The van der Waals surface area contributed by atoms with Gasteiger partial charge in [0.1, 0.15) is 5.75 Å². The van der Waals surface area contributed by atoms with E-state index in [0.717, 1.165) is 12.2 Å². The molecule has 8 heteroatoms. The van der Waals surface area contributed by atoms with Crippen molar-refractivity contribution in [3.63, 3.8) is 0 Å². The maximum absolute atomic E-state index is 12.0. The van der Waals surface area contributed by atoms with Gasteiger partial charge in [0.05, 0.1) is 11.5 Å². The van der Waals surface area contributed by atoms with Crippen molar-refractivity contribution in [2.75, 3.05) is 11.9 Å². The molecule has 2 N–H and O–H groups in total. The van der Waals surface area contributed by atoms with Gasteiger partial charge in [-0.05, 0) is 48.3 Å². The number of benzene rings is 2. The molecule has 0 radical (unpaired) electrons. The van der Waals surface area contributed by atoms with Crippen molar-refractivity contribution in [2.45, 2.75) is 20.3 Å². The second-order valence-electron chi connectivity index (χ2n) is 6.69. The summed E-state index contributed by atoms with van der Waals surface area (Å²) in [5.74, 6) is 0.836. The van der Waals surface area contributed by atoms with Crippen molar-refractivity contribution in [3.05, 3.63) is 70.3 Å². The number of carbonyl (C=O) groups excluding carboxylic acids is 1. The molecule has 0 saturated carbocycles. The molecule has 0 aliphatic heterocycles. The van der Waals surface area contributed by atoms with E-state index in [1.54, 1.807) is 18.2 Å². The van der Waals surface area contributed by atoms with Crippen molar-refractivity contribution in [1.29, 1.82) is 0 Å². The SMILES string of the molecule is CC(C)CCOc1cccc(NC(=S)NC(=O)/C=C/c2cccc([N+](=O)[O-])c2)c1. The minimum atomic E-state index is -0.489. The molecule has 0 bridgehead atoms. The number of nitrogens with one attached hydrogen (secondary N) is 2. The van der Waals surface area contributed by atoms with E-state index in [1.165, 1.54) is 24.3 Å². The summed E-state index contributed by atoms with van der Waals surface area (Å²) in [5, 5.41) is 16.4. The van der Waals surface area contributed by atoms with Crippen LogP contribution < -0.4 is 15.4 Å². The summed E-state index contributed by atoms with van der Waals surface area (Å²) < 4.78 is 5.70. The van der Waals surface area contributed by atoms with Crippen LogP contribution >= 0.6 is 12.2 Å². The fourth-order valence-electron chi connectivity index (χ4n) is 2.31. The van der Waals surface area contributed by atoms with Crippen LogP contribution in [0.2, 0.25) is 0 Å². The molecule has 2 aromatic carbocycles. The fraction of sp³-hybridized carbons (Fsp3) is 0.238. The predicted octanol–water partition coefficient (Wildman–Crippen LogP) is 4.55. The van der Waals surface area contributed by atoms with Crippen molar-refractivity contribution in [2.24, 2.45) is 5.92 Å². The number of carbonyl (C=O) groups is 1. The van der Waals surface area contributed by atoms with Crippen LogP contribution in [0.1, 0.15) is 25.8 Å². The number of anilines is 1. The number of thiocarbonyl (C=S) groups is 1. The maximum atomic E-state index is 12.0. The van der Waals surface area contributed by atoms with E-state index in [2.05, 4.69) is 24.5 Å². The number of hydrogen-bond acceptors (Lipinski definition) is 5. The molecule has 0 fully saturated rings. The Balaban J connectivity index is 1.88. The average molecular weight is 413 g/mol. The highest BCUT2D eigenvalue weighted by Crippen LogP contribution is 2.18. The summed E-state index contributed by atoms with van der Waals surface area (Å²) in [6.07, 6.45) is 3.70. The second-order valence-corrected chi connectivity index (χ2v) is 7.10. The monoisotopic (exact) mass is 413 g/mol. The smallest absolute Gasteiger partial charge is 0.270 e. The normalized spacial score (nSPS) is 10.7. The molecule has 0 saturated heterocycles. The molecular weight excluding hydrogens is 390 g/mol. The van der Waals surface area contributed by atoms with Gasteiger partial charge in [0.25, 0.3) is 5.69 Å². The minimum absolute atomic E-state index is 0.0414. The fourth-order valence-corrected chi connectivity index (χ4v) is 2.52. The lowest BCUT2D eigenvalue weighted by molar-refractivity contribution is -0.384. The summed E-state index contributed by atoms with van der Waals surface area (Å²) in [5.41, 5.74) is 1.19. The van der Waals surface area contributed by atoms with Crippen LogP contribution in [-0.2, 0) is 4.79 Å². The number of nitro groups is 1. The molecule has 1 amide bonds. The maximum Gasteiger partial charge on any atom is 0.270 e. The summed E-state index contributed by atoms with van der Waals surface area (Å²) in [6.45, 7) is 4.90. The highest BCUT2D eigenvalue weighted by atomic mass is 32.1. The van der Waals surface area contributed by atoms with Crippen LogP contribution in [0, 0.1) is 16.0 Å². The van der Waals surface area contributed by atoms with E-state index in [4.69, 9.17) is 17.0 Å². The molecule has 0 spiro atoms. The first kappa shape index (κ1) is 22.0. The van der Waals surface area contributed by atoms with Crippen molar-refractivity contribution < 1.29 is 14.5 Å². The zero-order valence-electron chi connectivity index (χ0n) is 16.3. The molecule has 2 rings (SSSR count). The number of amides is 1. The van der Waals surface area contributed by atoms with Crippen LogP contribution in [0.5, 0.6) is 5.75 Å². The third-order valence-electron chi connectivity index (χ3n) is 3.80. The first-order valence-electron chi connectivity index (χ1n) is 9.11. The van der Waals surface area contributed by atoms with E-state index in [1.807, 2.05) is 18.2 Å². The third kappa shape index (κ3) is 8.10. The molecule has 0 aromatic heterocycles. The average Bonchev–Trinajstić information content (AvgIpc) is 2.66. The quantitative estimate of drug-likeness (QED) is 0.285. The lowest BCUT2D eigenvalue weighted by Crippen LogP contribution is -2.32. The van der Waals surface area contributed by atoms with Gasteiger partial charge in [-0.25, -0.2) is 0 Å². The van der Waals surface area contributed by atoms with Gasteiger partial charge in [0, 0.05) is 30.0 Å². The van der Waals surface area contributed by atoms with E-state index in [0.29, 0.717) is 23.8 Å². The Morgan fingerprint density at radius 1 is 1.24 bits per heavy atom. The van der Waals surface area contributed by atoms with Crippen LogP contribution in [0.3, 0.4) is 0 Å². The van der Waals surface area contributed by atoms with Crippen LogP contribution in [-0.4, -0.2) is 22.5 Å². The summed E-state index contributed by atoms with van der Waals surface area (Å²) in [7, 11) is 0. The van der Waals surface area contributed by atoms with Gasteiger partial charge in [-0.1, -0.05) is 32.0 Å². The molecule has 29 heavy (non-hydrogen) atoms. The van der Waals surface area contributed by atoms with Crippen molar-refractivity contribution in [1.82, 2.24) is 5.32 Å². The van der Waals surface area contributed by atoms with Gasteiger partial charge in [-0.2, -0.15) is 0 Å². The molecule has 7 nitrogen and oxygen atoms in total. The Bertz CT molecular complexity index is 912. The van der Waals surface area contributed by atoms with Crippen molar-refractivity contribution in [3.8, 4) is 5.75 Å². The standard InChI is InChI=1S/C21H23N3O4S/c1-15(2)11-12-28-19-8-4-6-17(14-19)22-21(29)23-20(25)10-9-16-5-3-7-18(13-16)24(26)27/h3-10,13-15H,11-12H2,1-2H3,(H2,22,23,25,29)/b10-9+. The van der Waals surface area contributed by atoms with E-state index >= 15 is 0 Å². The van der Waals surface area contributed by atoms with Crippen LogP contribution in [0.25, 0.3) is 6.08 Å².